The highest BCUT2D eigenvalue weighted by Crippen LogP contribution is 2.58. The summed E-state index contributed by atoms with van der Waals surface area (Å²) in [6.07, 6.45) is 4.92. The van der Waals surface area contributed by atoms with Crippen molar-refractivity contribution in [3.63, 3.8) is 0 Å². The SMILES string of the molecule is CCC1(C)CC(C)(CC(=O)N2CCc3c2cc(O)c2ccccc32)C1. The van der Waals surface area contributed by atoms with Crippen LogP contribution >= 0.6 is 0 Å². The number of rotatable bonds is 3. The van der Waals surface area contributed by atoms with E-state index in [9.17, 15) is 9.90 Å². The number of anilines is 1. The zero-order valence-corrected chi connectivity index (χ0v) is 15.4. The predicted octanol–water partition coefficient (Wildman–Crippen LogP) is 5.04. The summed E-state index contributed by atoms with van der Waals surface area (Å²) >= 11 is 0. The van der Waals surface area contributed by atoms with Crippen LogP contribution in [0.5, 0.6) is 5.75 Å². The second kappa shape index (κ2) is 5.48. The predicted molar refractivity (Wildman–Crippen MR) is 102 cm³/mol. The summed E-state index contributed by atoms with van der Waals surface area (Å²) in [7, 11) is 0. The molecule has 132 valence electrons. The van der Waals surface area contributed by atoms with Crippen LogP contribution in [-0.2, 0) is 11.2 Å². The van der Waals surface area contributed by atoms with Gasteiger partial charge in [-0.15, -0.1) is 0 Å². The van der Waals surface area contributed by atoms with Crippen LogP contribution in [0.1, 0.15) is 52.0 Å². The Morgan fingerprint density at radius 3 is 2.52 bits per heavy atom. The Labute approximate surface area is 149 Å². The third kappa shape index (κ3) is 2.61. The molecule has 1 fully saturated rings. The second-order valence-corrected chi connectivity index (χ2v) is 8.74. The zero-order chi connectivity index (χ0) is 17.8. The van der Waals surface area contributed by atoms with E-state index in [4.69, 9.17) is 0 Å². The number of carbonyl (C=O) groups is 1. The maximum Gasteiger partial charge on any atom is 0.227 e. The normalized spacial score (nSPS) is 28.0. The van der Waals surface area contributed by atoms with Crippen molar-refractivity contribution >= 4 is 22.4 Å². The van der Waals surface area contributed by atoms with Crippen molar-refractivity contribution in [3.05, 3.63) is 35.9 Å². The van der Waals surface area contributed by atoms with Crippen molar-refractivity contribution in [2.45, 2.75) is 52.9 Å². The number of nitrogens with zero attached hydrogens (tertiary/aromatic N) is 1. The lowest BCUT2D eigenvalue weighted by Crippen LogP contribution is -2.46. The average molecular weight is 337 g/mol. The van der Waals surface area contributed by atoms with E-state index in [2.05, 4.69) is 20.8 Å². The summed E-state index contributed by atoms with van der Waals surface area (Å²) in [5.74, 6) is 0.469. The van der Waals surface area contributed by atoms with E-state index in [-0.39, 0.29) is 17.1 Å². The molecule has 1 aliphatic carbocycles. The molecule has 1 N–H and O–H groups in total. The van der Waals surface area contributed by atoms with Gasteiger partial charge in [0.1, 0.15) is 5.75 Å². The molecule has 0 aromatic heterocycles. The first-order valence-corrected chi connectivity index (χ1v) is 9.38. The molecule has 0 atom stereocenters. The Morgan fingerprint density at radius 2 is 1.84 bits per heavy atom. The molecule has 1 amide bonds. The first kappa shape index (κ1) is 16.4. The highest BCUT2D eigenvalue weighted by Gasteiger charge is 2.49. The number of benzene rings is 2. The first-order valence-electron chi connectivity index (χ1n) is 9.38. The fraction of sp³-hybridized carbons (Fsp3) is 0.500. The lowest BCUT2D eigenvalue weighted by molar-refractivity contribution is -0.125. The minimum Gasteiger partial charge on any atom is -0.507 e. The van der Waals surface area contributed by atoms with Crippen molar-refractivity contribution in [1.82, 2.24) is 0 Å². The molecule has 1 aliphatic heterocycles. The van der Waals surface area contributed by atoms with Crippen molar-refractivity contribution in [2.24, 2.45) is 10.8 Å². The van der Waals surface area contributed by atoms with Crippen LogP contribution in [0.2, 0.25) is 0 Å². The number of hydrogen-bond donors (Lipinski definition) is 1. The van der Waals surface area contributed by atoms with E-state index in [0.29, 0.717) is 11.8 Å². The van der Waals surface area contributed by atoms with Gasteiger partial charge in [-0.1, -0.05) is 51.5 Å². The van der Waals surface area contributed by atoms with Gasteiger partial charge in [0.2, 0.25) is 5.91 Å². The van der Waals surface area contributed by atoms with Crippen LogP contribution in [0, 0.1) is 10.8 Å². The molecule has 0 spiro atoms. The minimum atomic E-state index is 0.128. The highest BCUT2D eigenvalue weighted by molar-refractivity contribution is 6.03. The molecule has 1 saturated carbocycles. The molecule has 3 nitrogen and oxygen atoms in total. The van der Waals surface area contributed by atoms with Gasteiger partial charge in [0.25, 0.3) is 0 Å². The van der Waals surface area contributed by atoms with E-state index in [1.54, 1.807) is 6.07 Å². The molecule has 2 aliphatic rings. The quantitative estimate of drug-likeness (QED) is 0.852. The third-order valence-corrected chi connectivity index (χ3v) is 6.43. The fourth-order valence-corrected chi connectivity index (χ4v) is 5.35. The van der Waals surface area contributed by atoms with Gasteiger partial charge in [-0.05, 0) is 41.0 Å². The Bertz CT molecular complexity index is 848. The molecule has 0 saturated heterocycles. The number of hydrogen-bond acceptors (Lipinski definition) is 2. The molecule has 4 rings (SSSR count). The van der Waals surface area contributed by atoms with Gasteiger partial charge in [-0.2, -0.15) is 0 Å². The Hall–Kier alpha value is -2.03. The lowest BCUT2D eigenvalue weighted by Gasteiger charge is -2.53. The molecular formula is C22H27NO2. The van der Waals surface area contributed by atoms with Crippen LogP contribution in [0.15, 0.2) is 30.3 Å². The third-order valence-electron chi connectivity index (χ3n) is 6.43. The van der Waals surface area contributed by atoms with Gasteiger partial charge in [-0.25, -0.2) is 0 Å². The molecular weight excluding hydrogens is 310 g/mol. The smallest absolute Gasteiger partial charge is 0.227 e. The fourth-order valence-electron chi connectivity index (χ4n) is 5.35. The number of phenolic OH excluding ortho intramolecular Hbond substituents is 1. The van der Waals surface area contributed by atoms with Crippen molar-refractivity contribution in [1.29, 1.82) is 0 Å². The van der Waals surface area contributed by atoms with Gasteiger partial charge in [0, 0.05) is 24.4 Å². The van der Waals surface area contributed by atoms with Crippen LogP contribution in [0.25, 0.3) is 10.8 Å². The number of amides is 1. The Balaban J connectivity index is 1.60. The monoisotopic (exact) mass is 337 g/mol. The van der Waals surface area contributed by atoms with E-state index >= 15 is 0 Å². The number of aromatic hydroxyl groups is 1. The van der Waals surface area contributed by atoms with Gasteiger partial charge in [0.15, 0.2) is 0 Å². The van der Waals surface area contributed by atoms with Crippen molar-refractivity contribution in [3.8, 4) is 5.75 Å². The van der Waals surface area contributed by atoms with Gasteiger partial charge in [0.05, 0.1) is 5.69 Å². The van der Waals surface area contributed by atoms with Crippen LogP contribution in [0.3, 0.4) is 0 Å². The molecule has 0 bridgehead atoms. The topological polar surface area (TPSA) is 40.5 Å². The Morgan fingerprint density at radius 1 is 1.16 bits per heavy atom. The molecule has 0 radical (unpaired) electrons. The molecule has 1 heterocycles. The van der Waals surface area contributed by atoms with Gasteiger partial charge >= 0.3 is 0 Å². The minimum absolute atomic E-state index is 0.128. The van der Waals surface area contributed by atoms with Crippen molar-refractivity contribution < 1.29 is 9.90 Å². The summed E-state index contributed by atoms with van der Waals surface area (Å²) in [6, 6.07) is 9.70. The largest absolute Gasteiger partial charge is 0.507 e. The lowest BCUT2D eigenvalue weighted by atomic mass is 9.52. The van der Waals surface area contributed by atoms with E-state index < -0.39 is 0 Å². The first-order chi connectivity index (χ1) is 11.8. The molecule has 3 heteroatoms. The van der Waals surface area contributed by atoms with E-state index in [1.807, 2.05) is 29.2 Å². The molecule has 25 heavy (non-hydrogen) atoms. The number of phenols is 1. The maximum absolute atomic E-state index is 13.0. The summed E-state index contributed by atoms with van der Waals surface area (Å²) in [6.45, 7) is 7.54. The molecule has 0 unspecified atom stereocenters. The van der Waals surface area contributed by atoms with Crippen LogP contribution < -0.4 is 4.90 Å². The Kier molecular flexibility index (Phi) is 3.61. The molecule has 2 aromatic carbocycles. The van der Waals surface area contributed by atoms with E-state index in [0.717, 1.165) is 42.3 Å². The summed E-state index contributed by atoms with van der Waals surface area (Å²) < 4.78 is 0. The summed E-state index contributed by atoms with van der Waals surface area (Å²) in [4.78, 5) is 14.9. The standard InChI is InChI=1S/C22H27NO2/c1-4-21(2)13-22(3,14-21)12-20(25)23-10-9-16-15-7-5-6-8-17(15)19(24)11-18(16)23/h5-8,11,24H,4,9-10,12-14H2,1-3H3. The zero-order valence-electron chi connectivity index (χ0n) is 15.4. The van der Waals surface area contributed by atoms with Crippen molar-refractivity contribution in [2.75, 3.05) is 11.4 Å². The maximum atomic E-state index is 13.0. The summed E-state index contributed by atoms with van der Waals surface area (Å²) in [5, 5.41) is 12.3. The second-order valence-electron chi connectivity index (χ2n) is 8.74. The van der Waals surface area contributed by atoms with Gasteiger partial charge < -0.3 is 10.0 Å². The van der Waals surface area contributed by atoms with Crippen LogP contribution in [-0.4, -0.2) is 17.6 Å². The number of carbonyl (C=O) groups excluding carboxylic acids is 1. The van der Waals surface area contributed by atoms with Crippen LogP contribution in [0.4, 0.5) is 5.69 Å². The average Bonchev–Trinajstić information content (AvgIpc) is 2.97. The molecule has 2 aromatic rings. The van der Waals surface area contributed by atoms with Gasteiger partial charge in [-0.3, -0.25) is 4.79 Å². The highest BCUT2D eigenvalue weighted by atomic mass is 16.3. The number of fused-ring (bicyclic) bond motifs is 3. The van der Waals surface area contributed by atoms with E-state index in [1.165, 1.54) is 12.0 Å². The summed E-state index contributed by atoms with van der Waals surface area (Å²) in [5.41, 5.74) is 2.64.